The van der Waals surface area contributed by atoms with Gasteiger partial charge in [-0.1, -0.05) is 11.2 Å². The Balaban J connectivity index is 2.36. The van der Waals surface area contributed by atoms with Gasteiger partial charge in [-0.25, -0.2) is 9.37 Å². The zero-order chi connectivity index (χ0) is 13.8. The number of amides is 1. The van der Waals surface area contributed by atoms with E-state index in [-0.39, 0.29) is 16.9 Å². The third-order valence-electron chi connectivity index (χ3n) is 2.29. The number of thiazole rings is 1. The Morgan fingerprint density at radius 3 is 2.95 bits per heavy atom. The molecule has 0 aliphatic rings. The Morgan fingerprint density at radius 1 is 1.53 bits per heavy atom. The summed E-state index contributed by atoms with van der Waals surface area (Å²) in [5, 5.41) is 15.4. The summed E-state index contributed by atoms with van der Waals surface area (Å²) in [4.78, 5) is 15.6. The van der Waals surface area contributed by atoms with Crippen LogP contribution >= 0.6 is 11.3 Å². The quantitative estimate of drug-likeness (QED) is 0.344. The number of hydrogen-bond acceptors (Lipinski definition) is 5. The predicted octanol–water partition coefficient (Wildman–Crippen LogP) is 1.63. The molecule has 0 fully saturated rings. The van der Waals surface area contributed by atoms with Crippen LogP contribution < -0.4 is 11.1 Å². The molecule has 0 saturated carbocycles. The van der Waals surface area contributed by atoms with Gasteiger partial charge in [0.1, 0.15) is 11.5 Å². The van der Waals surface area contributed by atoms with Gasteiger partial charge >= 0.3 is 0 Å². The second-order valence-electron chi connectivity index (χ2n) is 3.48. The number of nitrogens with one attached hydrogen (secondary N) is 1. The number of rotatable bonds is 3. The molecule has 0 aliphatic heterocycles. The zero-order valence-corrected chi connectivity index (χ0v) is 10.3. The Bertz CT molecular complexity index is 628. The van der Waals surface area contributed by atoms with Crippen LogP contribution in [-0.2, 0) is 0 Å². The highest BCUT2D eigenvalue weighted by atomic mass is 32.1. The molecule has 98 valence electrons. The summed E-state index contributed by atoms with van der Waals surface area (Å²) < 4.78 is 13.6. The van der Waals surface area contributed by atoms with E-state index in [0.29, 0.717) is 0 Å². The largest absolute Gasteiger partial charge is 0.409 e. The molecule has 0 atom stereocenters. The van der Waals surface area contributed by atoms with Crippen molar-refractivity contribution in [1.82, 2.24) is 4.98 Å². The monoisotopic (exact) mass is 280 g/mol. The standard InChI is InChI=1S/C11H9FN4O2S/c12-6-2-1-3-7(9(6)10(13)16-18)15-11(17)8-4-19-5-14-8/h1-5,18H,(H2,13,16)(H,15,17). The van der Waals surface area contributed by atoms with E-state index in [0.717, 1.165) is 6.07 Å². The lowest BCUT2D eigenvalue weighted by molar-refractivity contribution is 0.102. The van der Waals surface area contributed by atoms with Crippen molar-refractivity contribution < 1.29 is 14.4 Å². The van der Waals surface area contributed by atoms with Gasteiger partial charge in [-0.15, -0.1) is 11.3 Å². The van der Waals surface area contributed by atoms with E-state index in [1.807, 2.05) is 0 Å². The smallest absolute Gasteiger partial charge is 0.275 e. The molecule has 0 saturated heterocycles. The lowest BCUT2D eigenvalue weighted by Gasteiger charge is -2.09. The van der Waals surface area contributed by atoms with E-state index in [4.69, 9.17) is 10.9 Å². The molecule has 1 aromatic heterocycles. The van der Waals surface area contributed by atoms with Crippen molar-refractivity contribution in [3.8, 4) is 0 Å². The number of aromatic nitrogens is 1. The molecule has 6 nitrogen and oxygen atoms in total. The number of carbonyl (C=O) groups excluding carboxylic acids is 1. The molecule has 0 unspecified atom stereocenters. The zero-order valence-electron chi connectivity index (χ0n) is 9.50. The molecule has 0 aliphatic carbocycles. The highest BCUT2D eigenvalue weighted by Crippen LogP contribution is 2.19. The summed E-state index contributed by atoms with van der Waals surface area (Å²) >= 11 is 1.26. The fraction of sp³-hybridized carbons (Fsp3) is 0. The molecule has 0 radical (unpaired) electrons. The third kappa shape index (κ3) is 2.68. The number of carbonyl (C=O) groups is 1. The summed E-state index contributed by atoms with van der Waals surface area (Å²) in [7, 11) is 0. The van der Waals surface area contributed by atoms with Crippen LogP contribution in [0, 0.1) is 5.82 Å². The maximum absolute atomic E-state index is 13.6. The van der Waals surface area contributed by atoms with Crippen LogP contribution in [0.25, 0.3) is 0 Å². The van der Waals surface area contributed by atoms with Gasteiger partial charge in [0, 0.05) is 5.38 Å². The van der Waals surface area contributed by atoms with Crippen LogP contribution in [0.5, 0.6) is 0 Å². The first kappa shape index (κ1) is 13.0. The number of nitrogens with zero attached hydrogens (tertiary/aromatic N) is 2. The topological polar surface area (TPSA) is 101 Å². The lowest BCUT2D eigenvalue weighted by atomic mass is 10.1. The SMILES string of the molecule is NC(=NO)c1c(F)cccc1NC(=O)c1cscn1. The summed E-state index contributed by atoms with van der Waals surface area (Å²) in [6.07, 6.45) is 0. The van der Waals surface area contributed by atoms with Crippen molar-refractivity contribution in [3.05, 3.63) is 46.2 Å². The van der Waals surface area contributed by atoms with E-state index in [1.54, 1.807) is 5.38 Å². The number of halogens is 1. The van der Waals surface area contributed by atoms with Gasteiger partial charge in [0.15, 0.2) is 5.84 Å². The van der Waals surface area contributed by atoms with Gasteiger partial charge < -0.3 is 16.3 Å². The van der Waals surface area contributed by atoms with Gasteiger partial charge in [-0.05, 0) is 12.1 Å². The van der Waals surface area contributed by atoms with E-state index in [2.05, 4.69) is 15.5 Å². The summed E-state index contributed by atoms with van der Waals surface area (Å²) in [6.45, 7) is 0. The maximum atomic E-state index is 13.6. The van der Waals surface area contributed by atoms with Crippen molar-refractivity contribution >= 4 is 28.8 Å². The molecule has 2 rings (SSSR count). The molecule has 4 N–H and O–H groups in total. The van der Waals surface area contributed by atoms with Crippen molar-refractivity contribution in [3.63, 3.8) is 0 Å². The first-order valence-corrected chi connectivity index (χ1v) is 6.03. The Hall–Kier alpha value is -2.48. The van der Waals surface area contributed by atoms with Crippen LogP contribution in [0.1, 0.15) is 16.1 Å². The Labute approximate surface area is 111 Å². The predicted molar refractivity (Wildman–Crippen MR) is 69.0 cm³/mol. The lowest BCUT2D eigenvalue weighted by Crippen LogP contribution is -2.20. The molecule has 2 aromatic rings. The van der Waals surface area contributed by atoms with Gasteiger partial charge in [0.2, 0.25) is 0 Å². The summed E-state index contributed by atoms with van der Waals surface area (Å²) in [5.41, 5.74) is 7.03. The van der Waals surface area contributed by atoms with Crippen molar-refractivity contribution in [2.75, 3.05) is 5.32 Å². The minimum Gasteiger partial charge on any atom is -0.409 e. The second kappa shape index (κ2) is 5.44. The number of amidine groups is 1. The third-order valence-corrected chi connectivity index (χ3v) is 2.88. The van der Waals surface area contributed by atoms with Gasteiger partial charge in [0.25, 0.3) is 5.91 Å². The first-order chi connectivity index (χ1) is 9.13. The minimum absolute atomic E-state index is 0.105. The molecule has 1 amide bonds. The molecule has 1 heterocycles. The normalized spacial score (nSPS) is 11.3. The first-order valence-electron chi connectivity index (χ1n) is 5.09. The van der Waals surface area contributed by atoms with E-state index < -0.39 is 17.6 Å². The fourth-order valence-corrected chi connectivity index (χ4v) is 1.98. The Kier molecular flexibility index (Phi) is 3.71. The van der Waals surface area contributed by atoms with Crippen LogP contribution in [-0.4, -0.2) is 21.9 Å². The van der Waals surface area contributed by atoms with Crippen LogP contribution in [0.2, 0.25) is 0 Å². The van der Waals surface area contributed by atoms with Crippen molar-refractivity contribution in [1.29, 1.82) is 0 Å². The van der Waals surface area contributed by atoms with E-state index in [1.165, 1.54) is 29.0 Å². The number of hydrogen-bond donors (Lipinski definition) is 3. The van der Waals surface area contributed by atoms with Crippen LogP contribution in [0.15, 0.2) is 34.2 Å². The second-order valence-corrected chi connectivity index (χ2v) is 4.19. The number of anilines is 1. The highest BCUT2D eigenvalue weighted by molar-refractivity contribution is 7.07. The molecule has 19 heavy (non-hydrogen) atoms. The Morgan fingerprint density at radius 2 is 2.32 bits per heavy atom. The number of oxime groups is 1. The average Bonchev–Trinajstić information content (AvgIpc) is 2.92. The number of nitrogens with two attached hydrogens (primary N) is 1. The van der Waals surface area contributed by atoms with Crippen LogP contribution in [0.3, 0.4) is 0 Å². The summed E-state index contributed by atoms with van der Waals surface area (Å²) in [5.74, 6) is -1.63. The molecule has 8 heteroatoms. The minimum atomic E-state index is -0.702. The molecular formula is C11H9FN4O2S. The molecule has 1 aromatic carbocycles. The average molecular weight is 280 g/mol. The number of benzene rings is 1. The van der Waals surface area contributed by atoms with Crippen molar-refractivity contribution in [2.45, 2.75) is 0 Å². The van der Waals surface area contributed by atoms with E-state index >= 15 is 0 Å². The van der Waals surface area contributed by atoms with Gasteiger partial charge in [-0.3, -0.25) is 4.79 Å². The van der Waals surface area contributed by atoms with Crippen molar-refractivity contribution in [2.24, 2.45) is 10.9 Å². The van der Waals surface area contributed by atoms with Gasteiger partial charge in [0.05, 0.1) is 16.8 Å². The van der Waals surface area contributed by atoms with Crippen LogP contribution in [0.4, 0.5) is 10.1 Å². The molecule has 0 spiro atoms. The van der Waals surface area contributed by atoms with Gasteiger partial charge in [-0.2, -0.15) is 0 Å². The maximum Gasteiger partial charge on any atom is 0.275 e. The molecular weight excluding hydrogens is 271 g/mol. The summed E-state index contributed by atoms with van der Waals surface area (Å²) in [6, 6.07) is 3.99. The molecule has 0 bridgehead atoms. The fourth-order valence-electron chi connectivity index (χ4n) is 1.45. The highest BCUT2D eigenvalue weighted by Gasteiger charge is 2.16. The van der Waals surface area contributed by atoms with E-state index in [9.17, 15) is 9.18 Å².